The molecule has 0 heterocycles. The predicted octanol–water partition coefficient (Wildman–Crippen LogP) is 3.83. The Labute approximate surface area is 104 Å². The second-order valence-electron chi connectivity index (χ2n) is 3.98. The number of aliphatic hydroxyl groups is 1. The Morgan fingerprint density at radius 1 is 1.13 bits per heavy atom. The zero-order chi connectivity index (χ0) is 10.7. The van der Waals surface area contributed by atoms with Crippen LogP contribution >= 0.6 is 22.6 Å². The van der Waals surface area contributed by atoms with E-state index < -0.39 is 0 Å². The van der Waals surface area contributed by atoms with Crippen LogP contribution in [0.5, 0.6) is 0 Å². The first-order valence-corrected chi connectivity index (χ1v) is 6.48. The molecule has 2 heteroatoms. The van der Waals surface area contributed by atoms with Gasteiger partial charge in [0.15, 0.2) is 0 Å². The number of hydrogen-bond donors (Lipinski definition) is 1. The molecule has 0 saturated carbocycles. The molecule has 1 nitrogen and oxygen atoms in total. The van der Waals surface area contributed by atoms with Crippen LogP contribution in [0.15, 0.2) is 35.9 Å². The molecule has 0 aromatic heterocycles. The van der Waals surface area contributed by atoms with E-state index in [2.05, 4.69) is 28.7 Å². The monoisotopic (exact) mass is 314 g/mol. The highest BCUT2D eigenvalue weighted by atomic mass is 127. The third kappa shape index (κ3) is 2.82. The van der Waals surface area contributed by atoms with E-state index in [1.165, 1.54) is 22.0 Å². The van der Waals surface area contributed by atoms with E-state index in [4.69, 9.17) is 0 Å². The van der Waals surface area contributed by atoms with Gasteiger partial charge in [-0.05, 0) is 71.5 Å². The molecule has 1 aromatic carbocycles. The molecule has 80 valence electrons. The molecule has 0 bridgehead atoms. The molecule has 0 fully saturated rings. The number of hydrogen-bond acceptors (Lipinski definition) is 1. The van der Waals surface area contributed by atoms with Crippen molar-refractivity contribution in [3.05, 3.63) is 45.0 Å². The Morgan fingerprint density at radius 3 is 2.47 bits per heavy atom. The van der Waals surface area contributed by atoms with Crippen LogP contribution < -0.4 is 0 Å². The molecule has 15 heavy (non-hydrogen) atoms. The van der Waals surface area contributed by atoms with Crippen LogP contribution in [-0.4, -0.2) is 5.11 Å². The van der Waals surface area contributed by atoms with Crippen LogP contribution in [0.4, 0.5) is 0 Å². The fourth-order valence-electron chi connectivity index (χ4n) is 1.97. The molecule has 1 aliphatic rings. The van der Waals surface area contributed by atoms with Crippen LogP contribution in [0.2, 0.25) is 0 Å². The number of allylic oxidation sites excluding steroid dienone is 1. The topological polar surface area (TPSA) is 20.2 Å². The summed E-state index contributed by atoms with van der Waals surface area (Å²) in [6.07, 6.45) is 6.47. The Bertz CT molecular complexity index is 353. The van der Waals surface area contributed by atoms with E-state index >= 15 is 0 Å². The fraction of sp³-hybridized carbons (Fsp3) is 0.385. The lowest BCUT2D eigenvalue weighted by Gasteiger charge is -2.18. The van der Waals surface area contributed by atoms with E-state index in [1.807, 2.05) is 24.3 Å². The maximum Gasteiger partial charge on any atom is 0.100 e. The summed E-state index contributed by atoms with van der Waals surface area (Å²) >= 11 is 2.28. The second-order valence-corrected chi connectivity index (χ2v) is 5.22. The molecular formula is C13H15IO. The second kappa shape index (κ2) is 5.12. The minimum Gasteiger partial charge on any atom is -0.384 e. The summed E-state index contributed by atoms with van der Waals surface area (Å²) in [7, 11) is 0. The van der Waals surface area contributed by atoms with Crippen molar-refractivity contribution in [2.24, 2.45) is 0 Å². The average molecular weight is 314 g/mol. The van der Waals surface area contributed by atoms with Crippen molar-refractivity contribution >= 4 is 22.6 Å². The first kappa shape index (κ1) is 11.1. The minimum atomic E-state index is -0.387. The molecule has 0 aliphatic heterocycles. The quantitative estimate of drug-likeness (QED) is 0.650. The first-order chi connectivity index (χ1) is 7.27. The molecule has 1 atom stereocenters. The van der Waals surface area contributed by atoms with Crippen LogP contribution in [0.25, 0.3) is 0 Å². The Balaban J connectivity index is 2.16. The molecule has 0 radical (unpaired) electrons. The summed E-state index contributed by atoms with van der Waals surface area (Å²) in [5.41, 5.74) is 2.21. The lowest BCUT2D eigenvalue weighted by molar-refractivity contribution is 0.208. The van der Waals surface area contributed by atoms with Crippen molar-refractivity contribution in [2.45, 2.75) is 31.8 Å². The smallest absolute Gasteiger partial charge is 0.100 e. The molecule has 1 unspecified atom stereocenters. The standard InChI is InChI=1S/C13H15IO/c14-12-8-6-11(7-9-12)13(15)10-4-2-1-3-5-10/h4,6-9,13,15H,1-3,5H2. The van der Waals surface area contributed by atoms with E-state index in [0.717, 1.165) is 18.4 Å². The molecule has 1 aromatic rings. The van der Waals surface area contributed by atoms with Gasteiger partial charge < -0.3 is 5.11 Å². The van der Waals surface area contributed by atoms with Gasteiger partial charge in [-0.25, -0.2) is 0 Å². The molecule has 1 N–H and O–H groups in total. The SMILES string of the molecule is OC(C1=CCCCC1)c1ccc(I)cc1. The van der Waals surface area contributed by atoms with E-state index in [9.17, 15) is 5.11 Å². The van der Waals surface area contributed by atoms with Crippen molar-refractivity contribution in [3.8, 4) is 0 Å². The van der Waals surface area contributed by atoms with Crippen LogP contribution in [0, 0.1) is 3.57 Å². The summed E-state index contributed by atoms with van der Waals surface area (Å²) in [5.74, 6) is 0. The normalized spacial score (nSPS) is 18.4. The van der Waals surface area contributed by atoms with Gasteiger partial charge in [-0.1, -0.05) is 18.2 Å². The van der Waals surface area contributed by atoms with Gasteiger partial charge in [0.25, 0.3) is 0 Å². The lowest BCUT2D eigenvalue weighted by atomic mass is 9.92. The number of benzene rings is 1. The summed E-state index contributed by atoms with van der Waals surface area (Å²) in [6, 6.07) is 8.12. The summed E-state index contributed by atoms with van der Waals surface area (Å²) < 4.78 is 1.21. The summed E-state index contributed by atoms with van der Waals surface area (Å²) in [6.45, 7) is 0. The van der Waals surface area contributed by atoms with Crippen molar-refractivity contribution in [2.75, 3.05) is 0 Å². The molecule has 0 amide bonds. The lowest BCUT2D eigenvalue weighted by Crippen LogP contribution is -2.04. The highest BCUT2D eigenvalue weighted by molar-refractivity contribution is 14.1. The van der Waals surface area contributed by atoms with E-state index in [1.54, 1.807) is 0 Å². The van der Waals surface area contributed by atoms with Crippen molar-refractivity contribution in [3.63, 3.8) is 0 Å². The van der Waals surface area contributed by atoms with Crippen molar-refractivity contribution < 1.29 is 5.11 Å². The van der Waals surface area contributed by atoms with Gasteiger partial charge in [-0.2, -0.15) is 0 Å². The van der Waals surface area contributed by atoms with Crippen molar-refractivity contribution in [1.29, 1.82) is 0 Å². The van der Waals surface area contributed by atoms with Gasteiger partial charge in [0.05, 0.1) is 0 Å². The number of rotatable bonds is 2. The van der Waals surface area contributed by atoms with Gasteiger partial charge in [0.2, 0.25) is 0 Å². The highest BCUT2D eigenvalue weighted by Gasteiger charge is 2.14. The zero-order valence-corrected chi connectivity index (χ0v) is 10.8. The Hall–Kier alpha value is -0.350. The maximum atomic E-state index is 10.2. The Morgan fingerprint density at radius 2 is 1.87 bits per heavy atom. The number of aliphatic hydroxyl groups excluding tert-OH is 1. The van der Waals surface area contributed by atoms with Crippen LogP contribution in [0.1, 0.15) is 37.4 Å². The maximum absolute atomic E-state index is 10.2. The average Bonchev–Trinajstić information content (AvgIpc) is 2.30. The Kier molecular flexibility index (Phi) is 3.81. The third-order valence-electron chi connectivity index (χ3n) is 2.86. The van der Waals surface area contributed by atoms with Gasteiger partial charge in [0, 0.05) is 3.57 Å². The van der Waals surface area contributed by atoms with E-state index in [0.29, 0.717) is 0 Å². The van der Waals surface area contributed by atoms with Gasteiger partial charge in [-0.3, -0.25) is 0 Å². The molecular weight excluding hydrogens is 299 g/mol. The van der Waals surface area contributed by atoms with Gasteiger partial charge in [0.1, 0.15) is 6.10 Å². The molecule has 2 rings (SSSR count). The van der Waals surface area contributed by atoms with Crippen LogP contribution in [-0.2, 0) is 0 Å². The summed E-state index contributed by atoms with van der Waals surface area (Å²) in [5, 5.41) is 10.2. The molecule has 0 saturated heterocycles. The first-order valence-electron chi connectivity index (χ1n) is 5.40. The largest absolute Gasteiger partial charge is 0.384 e. The van der Waals surface area contributed by atoms with Gasteiger partial charge in [-0.15, -0.1) is 0 Å². The zero-order valence-electron chi connectivity index (χ0n) is 8.62. The third-order valence-corrected chi connectivity index (χ3v) is 3.58. The van der Waals surface area contributed by atoms with E-state index in [-0.39, 0.29) is 6.10 Å². The highest BCUT2D eigenvalue weighted by Crippen LogP contribution is 2.29. The van der Waals surface area contributed by atoms with Crippen molar-refractivity contribution in [1.82, 2.24) is 0 Å². The fourth-order valence-corrected chi connectivity index (χ4v) is 2.33. The minimum absolute atomic E-state index is 0.387. The summed E-state index contributed by atoms with van der Waals surface area (Å²) in [4.78, 5) is 0. The van der Waals surface area contributed by atoms with Gasteiger partial charge >= 0.3 is 0 Å². The van der Waals surface area contributed by atoms with Crippen LogP contribution in [0.3, 0.4) is 0 Å². The predicted molar refractivity (Wildman–Crippen MR) is 70.7 cm³/mol. The number of halogens is 1. The molecule has 0 spiro atoms. The molecule has 1 aliphatic carbocycles.